The summed E-state index contributed by atoms with van der Waals surface area (Å²) in [6.45, 7) is -0.0580. The zero-order valence-corrected chi connectivity index (χ0v) is 15.3. The summed E-state index contributed by atoms with van der Waals surface area (Å²) in [5.74, 6) is 0.627. The summed E-state index contributed by atoms with van der Waals surface area (Å²) in [6, 6.07) is 6.39. The van der Waals surface area contributed by atoms with E-state index in [0.29, 0.717) is 16.5 Å². The van der Waals surface area contributed by atoms with E-state index in [4.69, 9.17) is 27.9 Å². The highest BCUT2D eigenvalue weighted by Crippen LogP contribution is 2.39. The first kappa shape index (κ1) is 19.5. The Bertz CT molecular complexity index is 804. The van der Waals surface area contributed by atoms with Crippen LogP contribution >= 0.6 is 35.0 Å². The molecule has 0 radical (unpaired) electrons. The largest absolute Gasteiger partial charge is 0.375 e. The van der Waals surface area contributed by atoms with Gasteiger partial charge in [0.15, 0.2) is 0 Å². The molecule has 0 aliphatic carbocycles. The lowest BCUT2D eigenvalue weighted by atomic mass is 10.3. The van der Waals surface area contributed by atoms with Gasteiger partial charge in [-0.2, -0.15) is 0 Å². The van der Waals surface area contributed by atoms with Gasteiger partial charge in [-0.05, 0) is 23.8 Å². The number of ether oxygens (including phenoxy) is 1. The van der Waals surface area contributed by atoms with Crippen LogP contribution in [0.5, 0.6) is 0 Å². The zero-order chi connectivity index (χ0) is 18.4. The lowest BCUT2D eigenvalue weighted by Gasteiger charge is -2.08. The van der Waals surface area contributed by atoms with Crippen molar-refractivity contribution in [3.63, 3.8) is 0 Å². The van der Waals surface area contributed by atoms with E-state index in [2.05, 4.69) is 10.3 Å². The third-order valence-corrected chi connectivity index (χ3v) is 5.10. The van der Waals surface area contributed by atoms with Gasteiger partial charge < -0.3 is 10.1 Å². The van der Waals surface area contributed by atoms with Crippen LogP contribution in [0.25, 0.3) is 0 Å². The van der Waals surface area contributed by atoms with Crippen molar-refractivity contribution in [2.45, 2.75) is 10.6 Å². The van der Waals surface area contributed by atoms with Crippen LogP contribution in [0.1, 0.15) is 5.56 Å². The number of carbonyl (C=O) groups is 1. The molecule has 1 heterocycles. The molecular weight excluding hydrogens is 389 g/mol. The molecule has 2 rings (SSSR count). The zero-order valence-electron chi connectivity index (χ0n) is 13.0. The van der Waals surface area contributed by atoms with Gasteiger partial charge in [-0.3, -0.25) is 14.9 Å². The van der Waals surface area contributed by atoms with Crippen molar-refractivity contribution < 1.29 is 14.5 Å². The number of nitro groups is 1. The van der Waals surface area contributed by atoms with Crippen molar-refractivity contribution in [1.82, 2.24) is 4.98 Å². The van der Waals surface area contributed by atoms with Gasteiger partial charge in [-0.1, -0.05) is 23.2 Å². The third kappa shape index (κ3) is 5.30. The molecule has 0 atom stereocenters. The van der Waals surface area contributed by atoms with Crippen LogP contribution in [0.4, 0.5) is 11.5 Å². The maximum absolute atomic E-state index is 11.5. The first-order valence-corrected chi connectivity index (χ1v) is 8.65. The van der Waals surface area contributed by atoms with Gasteiger partial charge in [0.1, 0.15) is 17.4 Å². The van der Waals surface area contributed by atoms with Crippen LogP contribution in [0.3, 0.4) is 0 Å². The lowest BCUT2D eigenvalue weighted by Crippen LogP contribution is -2.17. The number of amides is 1. The molecule has 0 aliphatic rings. The molecule has 10 heteroatoms. The van der Waals surface area contributed by atoms with Gasteiger partial charge in [0.05, 0.1) is 9.95 Å². The van der Waals surface area contributed by atoms with Crippen molar-refractivity contribution in [2.75, 3.05) is 19.0 Å². The van der Waals surface area contributed by atoms with Crippen LogP contribution < -0.4 is 5.32 Å². The number of halogens is 2. The van der Waals surface area contributed by atoms with Gasteiger partial charge in [-0.25, -0.2) is 4.98 Å². The molecule has 0 spiro atoms. The quantitative estimate of drug-likeness (QED) is 0.424. The number of nitrogens with one attached hydrogen (secondary N) is 1. The smallest absolute Gasteiger partial charge is 0.289 e. The van der Waals surface area contributed by atoms with Crippen molar-refractivity contribution in [3.05, 3.63) is 56.2 Å². The Kier molecular flexibility index (Phi) is 7.01. The van der Waals surface area contributed by atoms with Gasteiger partial charge in [0.25, 0.3) is 11.6 Å². The monoisotopic (exact) mass is 401 g/mol. The number of nitrogens with zero attached hydrogens (tertiary/aromatic N) is 2. The van der Waals surface area contributed by atoms with Crippen molar-refractivity contribution in [2.24, 2.45) is 0 Å². The van der Waals surface area contributed by atoms with Crippen LogP contribution in [-0.4, -0.2) is 29.5 Å². The highest BCUT2D eigenvalue weighted by atomic mass is 35.5. The number of thioether (sulfide) groups is 1. The average Bonchev–Trinajstić information content (AvgIpc) is 2.56. The number of rotatable bonds is 7. The second kappa shape index (κ2) is 9.00. The molecule has 0 fully saturated rings. The minimum Gasteiger partial charge on any atom is -0.375 e. The Labute approximate surface area is 157 Å². The van der Waals surface area contributed by atoms with E-state index < -0.39 is 4.92 Å². The highest BCUT2D eigenvalue weighted by molar-refractivity contribution is 7.98. The highest BCUT2D eigenvalue weighted by Gasteiger charge is 2.18. The fourth-order valence-corrected chi connectivity index (χ4v) is 3.39. The molecule has 0 aliphatic heterocycles. The third-order valence-electron chi connectivity index (χ3n) is 2.98. The second-order valence-corrected chi connectivity index (χ2v) is 6.56. The Hall–Kier alpha value is -1.87. The number of pyridine rings is 1. The molecule has 0 saturated carbocycles. The molecule has 25 heavy (non-hydrogen) atoms. The van der Waals surface area contributed by atoms with E-state index in [1.807, 2.05) is 0 Å². The van der Waals surface area contributed by atoms with Crippen molar-refractivity contribution >= 4 is 52.4 Å². The van der Waals surface area contributed by atoms with Crippen LogP contribution in [0.15, 0.2) is 35.4 Å². The molecule has 0 saturated heterocycles. The van der Waals surface area contributed by atoms with Crippen molar-refractivity contribution in [3.8, 4) is 0 Å². The predicted molar refractivity (Wildman–Crippen MR) is 97.4 cm³/mol. The normalized spacial score (nSPS) is 10.5. The molecule has 7 nitrogen and oxygen atoms in total. The Morgan fingerprint density at radius 3 is 2.80 bits per heavy atom. The molecule has 0 unspecified atom stereocenters. The van der Waals surface area contributed by atoms with Gasteiger partial charge in [-0.15, -0.1) is 11.8 Å². The predicted octanol–water partition coefficient (Wildman–Crippen LogP) is 4.17. The fraction of sp³-hybridized carbons (Fsp3) is 0.200. The Balaban J connectivity index is 2.08. The minimum absolute atomic E-state index is 0.0580. The molecular formula is C15H13Cl2N3O4S. The van der Waals surface area contributed by atoms with Crippen molar-refractivity contribution in [1.29, 1.82) is 0 Å². The molecule has 1 amide bonds. The lowest BCUT2D eigenvalue weighted by molar-refractivity contribution is -0.384. The molecule has 2 aromatic rings. The van der Waals surface area contributed by atoms with E-state index in [1.165, 1.54) is 24.9 Å². The number of nitro benzene ring substituents is 1. The molecule has 0 bridgehead atoms. The summed E-state index contributed by atoms with van der Waals surface area (Å²) in [7, 11) is 1.43. The standard InChI is InChI=1S/C15H13Cl2N3O4S/c1-24-7-13(21)19-12-6-9(4-5-18-12)8-25-11-3-2-10(20(22)23)14(16)15(11)17/h2-6H,7-8H2,1H3,(H,18,19,21). The first-order chi connectivity index (χ1) is 11.9. The number of methoxy groups -OCH3 is 1. The average molecular weight is 402 g/mol. The fourth-order valence-electron chi connectivity index (χ4n) is 1.88. The molecule has 1 aromatic carbocycles. The maximum atomic E-state index is 11.5. The van der Waals surface area contributed by atoms with E-state index in [1.54, 1.807) is 24.4 Å². The van der Waals surface area contributed by atoms with Gasteiger partial charge in [0, 0.05) is 30.0 Å². The summed E-state index contributed by atoms with van der Waals surface area (Å²) in [5, 5.41) is 13.5. The minimum atomic E-state index is -0.583. The Morgan fingerprint density at radius 1 is 1.36 bits per heavy atom. The Morgan fingerprint density at radius 2 is 2.12 bits per heavy atom. The van der Waals surface area contributed by atoms with E-state index in [9.17, 15) is 14.9 Å². The van der Waals surface area contributed by atoms with Crippen LogP contribution in [0.2, 0.25) is 10.0 Å². The molecule has 132 valence electrons. The summed E-state index contributed by atoms with van der Waals surface area (Å²) >= 11 is 13.4. The SMILES string of the molecule is COCC(=O)Nc1cc(CSc2ccc([N+](=O)[O-])c(Cl)c2Cl)ccn1. The molecule has 1 aromatic heterocycles. The van der Waals surface area contributed by atoms with Gasteiger partial charge in [0.2, 0.25) is 0 Å². The number of benzene rings is 1. The maximum Gasteiger partial charge on any atom is 0.289 e. The first-order valence-electron chi connectivity index (χ1n) is 6.91. The van der Waals surface area contributed by atoms with E-state index in [0.717, 1.165) is 5.56 Å². The number of aromatic nitrogens is 1. The second-order valence-electron chi connectivity index (χ2n) is 4.79. The van der Waals surface area contributed by atoms with Crippen LogP contribution in [0, 0.1) is 10.1 Å². The summed E-state index contributed by atoms with van der Waals surface area (Å²) < 4.78 is 4.74. The number of hydrogen-bond donors (Lipinski definition) is 1. The summed E-state index contributed by atoms with van der Waals surface area (Å²) in [5.41, 5.74) is 0.654. The number of hydrogen-bond acceptors (Lipinski definition) is 6. The number of carbonyl (C=O) groups excluding carboxylic acids is 1. The summed E-state index contributed by atoms with van der Waals surface area (Å²) in [6.07, 6.45) is 1.57. The van der Waals surface area contributed by atoms with E-state index >= 15 is 0 Å². The number of anilines is 1. The van der Waals surface area contributed by atoms with Crippen LogP contribution in [-0.2, 0) is 15.3 Å². The topological polar surface area (TPSA) is 94.4 Å². The van der Waals surface area contributed by atoms with Gasteiger partial charge >= 0.3 is 0 Å². The van der Waals surface area contributed by atoms with E-state index in [-0.39, 0.29) is 28.2 Å². The summed E-state index contributed by atoms with van der Waals surface area (Å²) in [4.78, 5) is 26.4. The molecule has 1 N–H and O–H groups in total.